The fourth-order valence-electron chi connectivity index (χ4n) is 2.37. The van der Waals surface area contributed by atoms with Crippen LogP contribution < -0.4 is 16.0 Å². The summed E-state index contributed by atoms with van der Waals surface area (Å²) in [5, 5.41) is 7.66. The van der Waals surface area contributed by atoms with Crippen molar-refractivity contribution in [2.45, 2.75) is 36.5 Å². The lowest BCUT2D eigenvalue weighted by Crippen LogP contribution is -2.43. The number of ether oxygens (including phenoxy) is 1. The van der Waals surface area contributed by atoms with E-state index in [1.807, 2.05) is 43.3 Å². The topological polar surface area (TPSA) is 109 Å². The fourth-order valence-corrected chi connectivity index (χ4v) is 3.25. The van der Waals surface area contributed by atoms with Crippen LogP contribution in [0, 0.1) is 0 Å². The predicted molar refractivity (Wildman–Crippen MR) is 117 cm³/mol. The van der Waals surface area contributed by atoms with E-state index in [-0.39, 0.29) is 24.2 Å². The summed E-state index contributed by atoms with van der Waals surface area (Å²) in [5.41, 5.74) is 0.808. The van der Waals surface area contributed by atoms with Gasteiger partial charge in [0, 0.05) is 23.1 Å². The number of carbonyl (C=O) groups is 3. The molecule has 2 aromatic carbocycles. The average Bonchev–Trinajstić information content (AvgIpc) is 2.70. The highest BCUT2D eigenvalue weighted by molar-refractivity contribution is 7.99. The van der Waals surface area contributed by atoms with Crippen LogP contribution in [-0.2, 0) is 14.3 Å². The Hall–Kier alpha value is -3.33. The minimum absolute atomic E-state index is 0.0876. The quantitative estimate of drug-likeness (QED) is 0.475. The number of carbonyl (C=O) groups excluding carboxylic acids is 3. The molecule has 0 aliphatic rings. The standard InChI is InChI=1S/C21H24N4O4S/c1-4-8-19(27)24-20(25-21(28)29-3)23-17-12-11-16(13-18(17)22-14(2)26)30-15-9-6-5-7-10-15/h5-7,9-13H,4,8H2,1-3H3,(H,22,26)(H2,23,24,25,27,28). The second-order valence-electron chi connectivity index (χ2n) is 6.15. The van der Waals surface area contributed by atoms with Crippen LogP contribution in [0.3, 0.4) is 0 Å². The van der Waals surface area contributed by atoms with Gasteiger partial charge in [0.1, 0.15) is 0 Å². The SMILES string of the molecule is CCCC(=O)NC(=Nc1ccc(Sc2ccccc2)cc1NC(C)=O)NC(=O)OC. The molecular formula is C21H24N4O4S. The Morgan fingerprint density at radius 1 is 1.03 bits per heavy atom. The number of anilines is 1. The van der Waals surface area contributed by atoms with E-state index in [1.54, 1.807) is 12.1 Å². The Morgan fingerprint density at radius 3 is 2.40 bits per heavy atom. The maximum atomic E-state index is 12.0. The Balaban J connectivity index is 2.37. The van der Waals surface area contributed by atoms with Gasteiger partial charge in [-0.2, -0.15) is 0 Å². The molecule has 0 spiro atoms. The highest BCUT2D eigenvalue weighted by Gasteiger charge is 2.13. The number of methoxy groups -OCH3 is 1. The van der Waals surface area contributed by atoms with Gasteiger partial charge < -0.3 is 10.1 Å². The summed E-state index contributed by atoms with van der Waals surface area (Å²) in [5.74, 6) is -0.661. The minimum atomic E-state index is -0.775. The Morgan fingerprint density at radius 2 is 1.77 bits per heavy atom. The number of hydrogen-bond acceptors (Lipinski definition) is 6. The first-order valence-electron chi connectivity index (χ1n) is 9.29. The van der Waals surface area contributed by atoms with Crippen LogP contribution in [-0.4, -0.2) is 31.0 Å². The molecule has 2 aromatic rings. The van der Waals surface area contributed by atoms with E-state index in [1.165, 1.54) is 25.8 Å². The van der Waals surface area contributed by atoms with Crippen molar-refractivity contribution in [3.8, 4) is 0 Å². The zero-order valence-electron chi connectivity index (χ0n) is 17.0. The zero-order valence-corrected chi connectivity index (χ0v) is 17.8. The van der Waals surface area contributed by atoms with Crippen molar-refractivity contribution in [3.63, 3.8) is 0 Å². The van der Waals surface area contributed by atoms with Crippen LogP contribution in [0.15, 0.2) is 63.3 Å². The summed E-state index contributed by atoms with van der Waals surface area (Å²) >= 11 is 1.53. The molecule has 0 saturated carbocycles. The van der Waals surface area contributed by atoms with E-state index in [2.05, 4.69) is 25.7 Å². The molecule has 0 bridgehead atoms. The predicted octanol–water partition coefficient (Wildman–Crippen LogP) is 4.06. The molecule has 0 unspecified atom stereocenters. The molecule has 30 heavy (non-hydrogen) atoms. The normalized spacial score (nSPS) is 10.8. The van der Waals surface area contributed by atoms with Gasteiger partial charge in [-0.05, 0) is 36.8 Å². The van der Waals surface area contributed by atoms with Gasteiger partial charge in [0.2, 0.25) is 17.8 Å². The third kappa shape index (κ3) is 7.59. The summed E-state index contributed by atoms with van der Waals surface area (Å²) in [6.45, 7) is 3.25. The van der Waals surface area contributed by atoms with Gasteiger partial charge in [-0.3, -0.25) is 20.2 Å². The van der Waals surface area contributed by atoms with Gasteiger partial charge in [-0.15, -0.1) is 0 Å². The largest absolute Gasteiger partial charge is 0.453 e. The molecule has 0 heterocycles. The van der Waals surface area contributed by atoms with Crippen LogP contribution >= 0.6 is 11.8 Å². The molecule has 0 saturated heterocycles. The Labute approximate surface area is 179 Å². The smallest absolute Gasteiger partial charge is 0.413 e. The van der Waals surface area contributed by atoms with Gasteiger partial charge in [0.15, 0.2) is 0 Å². The number of hydrogen-bond donors (Lipinski definition) is 3. The molecule has 158 valence electrons. The maximum absolute atomic E-state index is 12.0. The molecule has 0 atom stereocenters. The van der Waals surface area contributed by atoms with Gasteiger partial charge in [-0.25, -0.2) is 9.79 Å². The Kier molecular flexibility index (Phi) is 8.89. The average molecular weight is 429 g/mol. The first-order valence-corrected chi connectivity index (χ1v) is 10.1. The molecule has 0 aromatic heterocycles. The van der Waals surface area contributed by atoms with E-state index in [0.29, 0.717) is 17.8 Å². The van der Waals surface area contributed by atoms with E-state index < -0.39 is 6.09 Å². The van der Waals surface area contributed by atoms with Crippen molar-refractivity contribution in [1.82, 2.24) is 10.6 Å². The van der Waals surface area contributed by atoms with Crippen LogP contribution in [0.2, 0.25) is 0 Å². The number of benzene rings is 2. The van der Waals surface area contributed by atoms with Crippen molar-refractivity contribution in [2.24, 2.45) is 4.99 Å². The maximum Gasteiger partial charge on any atom is 0.413 e. The number of guanidine groups is 1. The lowest BCUT2D eigenvalue weighted by Gasteiger charge is -2.13. The highest BCUT2D eigenvalue weighted by atomic mass is 32.2. The summed E-state index contributed by atoms with van der Waals surface area (Å²) in [6.07, 6.45) is 0.135. The number of amides is 3. The third-order valence-corrected chi connectivity index (χ3v) is 4.63. The molecule has 8 nitrogen and oxygen atoms in total. The van der Waals surface area contributed by atoms with Crippen LogP contribution in [0.1, 0.15) is 26.7 Å². The summed E-state index contributed by atoms with van der Waals surface area (Å²) < 4.78 is 4.58. The molecule has 3 N–H and O–H groups in total. The van der Waals surface area contributed by atoms with E-state index in [4.69, 9.17) is 0 Å². The second-order valence-corrected chi connectivity index (χ2v) is 7.30. The lowest BCUT2D eigenvalue weighted by molar-refractivity contribution is -0.119. The highest BCUT2D eigenvalue weighted by Crippen LogP contribution is 2.34. The molecule has 9 heteroatoms. The van der Waals surface area contributed by atoms with Gasteiger partial charge in [-0.1, -0.05) is 36.9 Å². The van der Waals surface area contributed by atoms with Crippen molar-refractivity contribution in [2.75, 3.05) is 12.4 Å². The molecule has 0 aliphatic carbocycles. The molecule has 3 amide bonds. The van der Waals surface area contributed by atoms with Gasteiger partial charge >= 0.3 is 6.09 Å². The van der Waals surface area contributed by atoms with Crippen LogP contribution in [0.4, 0.5) is 16.2 Å². The monoisotopic (exact) mass is 428 g/mol. The summed E-state index contributed by atoms with van der Waals surface area (Å²) in [7, 11) is 1.21. The number of alkyl carbamates (subject to hydrolysis) is 1. The van der Waals surface area contributed by atoms with Crippen molar-refractivity contribution in [1.29, 1.82) is 0 Å². The number of rotatable bonds is 6. The summed E-state index contributed by atoms with van der Waals surface area (Å²) in [6, 6.07) is 15.1. The minimum Gasteiger partial charge on any atom is -0.453 e. The molecule has 0 radical (unpaired) electrons. The van der Waals surface area contributed by atoms with E-state index >= 15 is 0 Å². The molecule has 2 rings (SSSR count). The molecule has 0 fully saturated rings. The second kappa shape index (κ2) is 11.6. The van der Waals surface area contributed by atoms with Crippen molar-refractivity contribution < 1.29 is 19.1 Å². The van der Waals surface area contributed by atoms with E-state index in [9.17, 15) is 14.4 Å². The fraction of sp³-hybridized carbons (Fsp3) is 0.238. The number of nitrogens with one attached hydrogen (secondary N) is 3. The Bertz CT molecular complexity index is 932. The first kappa shape index (κ1) is 23.0. The van der Waals surface area contributed by atoms with Gasteiger partial charge in [0.25, 0.3) is 0 Å². The molecule has 0 aliphatic heterocycles. The third-order valence-electron chi connectivity index (χ3n) is 3.63. The van der Waals surface area contributed by atoms with Crippen molar-refractivity contribution >= 4 is 47.0 Å². The lowest BCUT2D eigenvalue weighted by atomic mass is 10.2. The van der Waals surface area contributed by atoms with Crippen LogP contribution in [0.5, 0.6) is 0 Å². The van der Waals surface area contributed by atoms with Crippen LogP contribution in [0.25, 0.3) is 0 Å². The number of aliphatic imine (C=N–C) groups is 1. The molecular weight excluding hydrogens is 404 g/mol. The zero-order chi connectivity index (χ0) is 21.9. The van der Waals surface area contributed by atoms with E-state index in [0.717, 1.165) is 9.79 Å². The first-order chi connectivity index (χ1) is 14.4. The number of nitrogens with zero attached hydrogens (tertiary/aromatic N) is 1. The van der Waals surface area contributed by atoms with Crippen molar-refractivity contribution in [3.05, 3.63) is 48.5 Å². The van der Waals surface area contributed by atoms with Gasteiger partial charge in [0.05, 0.1) is 18.5 Å². The summed E-state index contributed by atoms with van der Waals surface area (Å²) in [4.78, 5) is 41.5.